The fourth-order valence-electron chi connectivity index (χ4n) is 8.34. The number of fused-ring (bicyclic) bond motifs is 1. The first-order chi connectivity index (χ1) is 23.7. The number of aliphatic hydroxyl groups excluding tert-OH is 1. The van der Waals surface area contributed by atoms with Gasteiger partial charge in [-0.25, -0.2) is 0 Å². The van der Waals surface area contributed by atoms with Crippen LogP contribution in [-0.4, -0.2) is 70.1 Å². The molecular weight excluding hydrogens is 635 g/mol. The third-order valence-corrected chi connectivity index (χ3v) is 12.2. The molecule has 8 nitrogen and oxygen atoms in total. The van der Waals surface area contributed by atoms with Crippen molar-refractivity contribution in [2.24, 2.45) is 11.8 Å². The van der Waals surface area contributed by atoms with Crippen LogP contribution in [0.4, 0.5) is 11.4 Å². The molecule has 3 heterocycles. The number of hydrogen-bond acceptors (Lipinski definition) is 6. The Bertz CT molecular complexity index is 1710. The largest absolute Gasteiger partial charge is 0.494 e. The molecule has 3 amide bonds. The molecule has 9 heteroatoms. The third kappa shape index (κ3) is 5.87. The lowest BCUT2D eigenvalue weighted by Crippen LogP contribution is -2.56. The van der Waals surface area contributed by atoms with Gasteiger partial charge in [-0.15, -0.1) is 24.9 Å². The number of hydrogen-bond donors (Lipinski definition) is 1. The number of para-hydroxylation sites is 1. The maximum Gasteiger partial charge on any atom is 0.251 e. The number of ether oxygens (including phenoxy) is 1. The van der Waals surface area contributed by atoms with Gasteiger partial charge >= 0.3 is 0 Å². The van der Waals surface area contributed by atoms with Crippen molar-refractivity contribution in [3.05, 3.63) is 115 Å². The van der Waals surface area contributed by atoms with Crippen molar-refractivity contribution in [3.8, 4) is 5.75 Å². The van der Waals surface area contributed by atoms with Gasteiger partial charge in [0.2, 0.25) is 11.8 Å². The Hall–Kier alpha value is -4.34. The van der Waals surface area contributed by atoms with Crippen molar-refractivity contribution in [2.45, 2.75) is 55.7 Å². The van der Waals surface area contributed by atoms with Gasteiger partial charge in [-0.2, -0.15) is 0 Å². The monoisotopic (exact) mass is 679 g/mol. The highest BCUT2D eigenvalue weighted by molar-refractivity contribution is 8.02. The summed E-state index contributed by atoms with van der Waals surface area (Å²) in [6, 6.07) is 21.0. The van der Waals surface area contributed by atoms with E-state index in [1.54, 1.807) is 38.6 Å². The molecule has 2 unspecified atom stereocenters. The lowest BCUT2D eigenvalue weighted by atomic mass is 9.70. The number of aliphatic hydroxyl groups is 1. The molecule has 6 atom stereocenters. The minimum atomic E-state index is -0.910. The Kier molecular flexibility index (Phi) is 10.0. The average Bonchev–Trinajstić information content (AvgIpc) is 3.75. The molecule has 3 aliphatic heterocycles. The zero-order chi connectivity index (χ0) is 34.9. The number of carbonyl (C=O) groups excluding carboxylic acids is 3. The first kappa shape index (κ1) is 34.5. The Morgan fingerprint density at radius 1 is 0.980 bits per heavy atom. The SMILES string of the molecule is C=CCN(C(=O)[C@@H]1[C@@H]2CCC3(S2)C(C(=O)N(CC=C)c2c(C)cccc2C)N([C@H](CO)c2ccccc2)C(=O)[C@H]13)c1ccc(OCC)cc1. The molecule has 0 radical (unpaired) electrons. The first-order valence-electron chi connectivity index (χ1n) is 17.0. The van der Waals surface area contributed by atoms with Crippen molar-refractivity contribution >= 4 is 40.9 Å². The zero-order valence-electron chi connectivity index (χ0n) is 28.5. The molecule has 2 bridgehead atoms. The van der Waals surface area contributed by atoms with Crippen LogP contribution in [0.15, 0.2) is 98.1 Å². The molecule has 3 aliphatic rings. The summed E-state index contributed by atoms with van der Waals surface area (Å²) in [5.74, 6) is -1.33. The lowest BCUT2D eigenvalue weighted by molar-refractivity contribution is -0.142. The molecule has 6 rings (SSSR count). The highest BCUT2D eigenvalue weighted by Gasteiger charge is 2.75. The maximum atomic E-state index is 15.3. The standard InChI is InChI=1S/C40H45N3O5S/c1-6-23-41(29-17-19-30(20-18-29)48-8-3)37(45)33-32-21-22-40(49-32)34(33)38(46)43(31(25-44)28-15-10-9-11-16-28)36(40)39(47)42(24-7-2)35-26(4)13-12-14-27(35)5/h6-7,9-20,31-34,36,44H,1-2,8,21-25H2,3-5H3/t31-,32+,33-,34+,36?,40?/m1/s1. The molecular formula is C40H45N3O5S. The summed E-state index contributed by atoms with van der Waals surface area (Å²) < 4.78 is 4.78. The molecule has 3 fully saturated rings. The smallest absolute Gasteiger partial charge is 0.251 e. The van der Waals surface area contributed by atoms with E-state index in [4.69, 9.17) is 4.74 Å². The van der Waals surface area contributed by atoms with Crippen molar-refractivity contribution in [3.63, 3.8) is 0 Å². The second kappa shape index (κ2) is 14.3. The number of rotatable bonds is 13. The molecule has 1 spiro atoms. The lowest BCUT2D eigenvalue weighted by Gasteiger charge is -2.40. The number of anilines is 2. The van der Waals surface area contributed by atoms with Gasteiger partial charge < -0.3 is 24.5 Å². The van der Waals surface area contributed by atoms with Gasteiger partial charge in [0.15, 0.2) is 0 Å². The zero-order valence-corrected chi connectivity index (χ0v) is 29.3. The van der Waals surface area contributed by atoms with Crippen molar-refractivity contribution in [2.75, 3.05) is 36.1 Å². The Labute approximate surface area is 293 Å². The topological polar surface area (TPSA) is 90.4 Å². The Morgan fingerprint density at radius 2 is 1.63 bits per heavy atom. The Morgan fingerprint density at radius 3 is 2.24 bits per heavy atom. The van der Waals surface area contributed by atoms with Crippen molar-refractivity contribution in [1.82, 2.24) is 4.90 Å². The second-order valence-corrected chi connectivity index (χ2v) is 14.7. The number of carbonyl (C=O) groups is 3. The van der Waals surface area contributed by atoms with E-state index in [2.05, 4.69) is 13.2 Å². The van der Waals surface area contributed by atoms with E-state index in [1.807, 2.05) is 93.6 Å². The first-order valence-corrected chi connectivity index (χ1v) is 17.9. The summed E-state index contributed by atoms with van der Waals surface area (Å²) in [5.41, 5.74) is 4.09. The molecule has 0 aromatic heterocycles. The van der Waals surface area contributed by atoms with Crippen LogP contribution in [0.25, 0.3) is 0 Å². The van der Waals surface area contributed by atoms with E-state index in [9.17, 15) is 9.90 Å². The van der Waals surface area contributed by atoms with Crippen molar-refractivity contribution < 1.29 is 24.2 Å². The molecule has 49 heavy (non-hydrogen) atoms. The van der Waals surface area contributed by atoms with Crippen molar-refractivity contribution in [1.29, 1.82) is 0 Å². The van der Waals surface area contributed by atoms with E-state index in [-0.39, 0.29) is 42.7 Å². The van der Waals surface area contributed by atoms with Gasteiger partial charge in [-0.1, -0.05) is 60.7 Å². The fraction of sp³-hybridized carbons (Fsp3) is 0.375. The molecule has 3 saturated heterocycles. The van der Waals surface area contributed by atoms with Gasteiger partial charge in [0, 0.05) is 29.7 Å². The normalized spacial score (nSPS) is 24.3. The van der Waals surface area contributed by atoms with Crippen LogP contribution in [0, 0.1) is 25.7 Å². The fourth-order valence-corrected chi connectivity index (χ4v) is 10.5. The average molecular weight is 680 g/mol. The quantitative estimate of drug-likeness (QED) is 0.215. The number of thioether (sulfide) groups is 1. The van der Waals surface area contributed by atoms with Crippen LogP contribution >= 0.6 is 11.8 Å². The molecule has 1 N–H and O–H groups in total. The predicted octanol–water partition coefficient (Wildman–Crippen LogP) is 6.27. The minimum Gasteiger partial charge on any atom is -0.494 e. The number of nitrogens with zero attached hydrogens (tertiary/aromatic N) is 3. The minimum absolute atomic E-state index is 0.133. The molecule has 3 aromatic rings. The van der Waals surface area contributed by atoms with Crippen LogP contribution in [0.2, 0.25) is 0 Å². The van der Waals surface area contributed by atoms with Gasteiger partial charge in [0.25, 0.3) is 5.91 Å². The third-order valence-electron chi connectivity index (χ3n) is 10.3. The summed E-state index contributed by atoms with van der Waals surface area (Å²) in [6.45, 7) is 14.4. The molecule has 0 saturated carbocycles. The molecule has 3 aromatic carbocycles. The van der Waals surface area contributed by atoms with Crippen LogP contribution in [0.5, 0.6) is 5.75 Å². The van der Waals surface area contributed by atoms with E-state index in [0.29, 0.717) is 30.9 Å². The number of likely N-dealkylation sites (tertiary alicyclic amines) is 1. The van der Waals surface area contributed by atoms with E-state index >= 15 is 9.59 Å². The Balaban J connectivity index is 1.47. The number of amides is 3. The summed E-state index contributed by atoms with van der Waals surface area (Å²) in [7, 11) is 0. The van der Waals surface area contributed by atoms with Gasteiger partial charge in [-0.3, -0.25) is 14.4 Å². The summed E-state index contributed by atoms with van der Waals surface area (Å²) in [6.07, 6.45) is 4.71. The summed E-state index contributed by atoms with van der Waals surface area (Å²) >= 11 is 1.62. The highest BCUT2D eigenvalue weighted by Crippen LogP contribution is 2.67. The van der Waals surface area contributed by atoms with Gasteiger partial charge in [0.05, 0.1) is 35.8 Å². The number of aryl methyl sites for hydroxylation is 2. The highest BCUT2D eigenvalue weighted by atomic mass is 32.2. The van der Waals surface area contributed by atoms with E-state index < -0.39 is 28.7 Å². The summed E-state index contributed by atoms with van der Waals surface area (Å²) in [4.78, 5) is 50.1. The number of benzene rings is 3. The van der Waals surface area contributed by atoms with E-state index in [0.717, 1.165) is 22.4 Å². The molecule has 256 valence electrons. The van der Waals surface area contributed by atoms with Crippen LogP contribution in [0.1, 0.15) is 42.5 Å². The summed E-state index contributed by atoms with van der Waals surface area (Å²) in [5, 5.41) is 10.8. The van der Waals surface area contributed by atoms with Crippen LogP contribution < -0.4 is 14.5 Å². The maximum absolute atomic E-state index is 15.3. The van der Waals surface area contributed by atoms with Crippen LogP contribution in [0.3, 0.4) is 0 Å². The van der Waals surface area contributed by atoms with Gasteiger partial charge in [-0.05, 0) is 74.6 Å². The predicted molar refractivity (Wildman–Crippen MR) is 196 cm³/mol. The van der Waals surface area contributed by atoms with Gasteiger partial charge in [0.1, 0.15) is 11.8 Å². The molecule has 0 aliphatic carbocycles. The van der Waals surface area contributed by atoms with E-state index in [1.165, 1.54) is 0 Å². The van der Waals surface area contributed by atoms with Crippen LogP contribution in [-0.2, 0) is 14.4 Å². The second-order valence-electron chi connectivity index (χ2n) is 13.1.